The highest BCUT2D eigenvalue weighted by Gasteiger charge is 2.44. The highest BCUT2D eigenvalue weighted by molar-refractivity contribution is 6.05. The van der Waals surface area contributed by atoms with E-state index in [4.69, 9.17) is 23.7 Å². The molecule has 30 heavy (non-hydrogen) atoms. The average molecular weight is 408 g/mol. The fraction of sp³-hybridized carbons (Fsp3) is 0.375. The van der Waals surface area contributed by atoms with Crippen molar-refractivity contribution in [3.05, 3.63) is 64.8 Å². The SMILES string of the molecule is C/C1=C\C2=C(/C=C/OCCO1)C1C(=O)c3ccc4c(c3OC1CO2)C=CC(C)(C)O4. The molecule has 5 rings (SSSR count). The highest BCUT2D eigenvalue weighted by Crippen LogP contribution is 2.46. The van der Waals surface area contributed by atoms with Gasteiger partial charge in [-0.25, -0.2) is 0 Å². The molecule has 4 aliphatic heterocycles. The number of ketones is 1. The Kier molecular flexibility index (Phi) is 4.38. The number of allylic oxidation sites excluding steroid dienone is 3. The second kappa shape index (κ2) is 6.97. The van der Waals surface area contributed by atoms with Gasteiger partial charge < -0.3 is 23.7 Å². The zero-order chi connectivity index (χ0) is 20.9. The van der Waals surface area contributed by atoms with Gasteiger partial charge in [0.05, 0.1) is 29.1 Å². The van der Waals surface area contributed by atoms with Crippen molar-refractivity contribution >= 4 is 11.9 Å². The van der Waals surface area contributed by atoms with Crippen molar-refractivity contribution in [3.63, 3.8) is 0 Å². The van der Waals surface area contributed by atoms with E-state index < -0.39 is 17.6 Å². The summed E-state index contributed by atoms with van der Waals surface area (Å²) >= 11 is 0. The lowest BCUT2D eigenvalue weighted by Gasteiger charge is -2.39. The molecule has 0 N–H and O–H groups in total. The van der Waals surface area contributed by atoms with Crippen LogP contribution in [0.5, 0.6) is 11.5 Å². The third kappa shape index (κ3) is 3.16. The van der Waals surface area contributed by atoms with E-state index >= 15 is 0 Å². The molecule has 0 fully saturated rings. The Bertz CT molecular complexity index is 1030. The molecule has 4 heterocycles. The van der Waals surface area contributed by atoms with Gasteiger partial charge in [-0.15, -0.1) is 0 Å². The minimum atomic E-state index is -0.479. The molecule has 4 aliphatic rings. The first kappa shape index (κ1) is 18.9. The second-order valence-corrected chi connectivity index (χ2v) is 8.30. The summed E-state index contributed by atoms with van der Waals surface area (Å²) in [5.74, 6) is 2.13. The molecule has 0 aliphatic carbocycles. The first-order valence-electron chi connectivity index (χ1n) is 10.2. The fourth-order valence-electron chi connectivity index (χ4n) is 4.16. The van der Waals surface area contributed by atoms with Gasteiger partial charge in [-0.3, -0.25) is 4.79 Å². The number of carbonyl (C=O) groups excluding carboxylic acids is 1. The van der Waals surface area contributed by atoms with Crippen LogP contribution in [0.25, 0.3) is 6.08 Å². The molecule has 0 radical (unpaired) electrons. The van der Waals surface area contributed by atoms with E-state index in [2.05, 4.69) is 0 Å². The Hall–Kier alpha value is -3.15. The summed E-state index contributed by atoms with van der Waals surface area (Å²) < 4.78 is 29.5. The molecule has 1 aromatic carbocycles. The summed E-state index contributed by atoms with van der Waals surface area (Å²) in [4.78, 5) is 13.6. The Labute approximate surface area is 175 Å². The molecule has 0 amide bonds. The van der Waals surface area contributed by atoms with Crippen LogP contribution in [0.15, 0.2) is 53.7 Å². The molecule has 0 saturated heterocycles. The van der Waals surface area contributed by atoms with Crippen LogP contribution in [0.3, 0.4) is 0 Å². The number of fused-ring (bicyclic) bond motifs is 5. The number of ether oxygens (including phenoxy) is 5. The standard InChI is InChI=1S/C24H24O6/c1-14-12-19-15(7-9-26-10-11-27-14)21-20(13-28-19)29-23-16-6-8-24(2,3)30-18(16)5-4-17(23)22(21)25/h4-9,12,20-21H,10-11,13H2,1-3H3/b9-7+,14-12+. The average Bonchev–Trinajstić information content (AvgIpc) is 2.70. The minimum Gasteiger partial charge on any atom is -0.498 e. The summed E-state index contributed by atoms with van der Waals surface area (Å²) in [5.41, 5.74) is 1.69. The second-order valence-electron chi connectivity index (χ2n) is 8.30. The molecule has 1 aromatic rings. The topological polar surface area (TPSA) is 63.2 Å². The molecule has 0 bridgehead atoms. The van der Waals surface area contributed by atoms with E-state index in [9.17, 15) is 4.79 Å². The molecule has 156 valence electrons. The van der Waals surface area contributed by atoms with Crippen LogP contribution in [0.2, 0.25) is 0 Å². The lowest BCUT2D eigenvalue weighted by atomic mass is 9.80. The van der Waals surface area contributed by atoms with Crippen molar-refractivity contribution < 1.29 is 28.5 Å². The molecule has 0 saturated carbocycles. The summed E-state index contributed by atoms with van der Waals surface area (Å²) in [7, 11) is 0. The molecule has 2 atom stereocenters. The predicted octanol–water partition coefficient (Wildman–Crippen LogP) is 4.18. The van der Waals surface area contributed by atoms with Crippen molar-refractivity contribution in [3.8, 4) is 11.5 Å². The molecule has 2 unspecified atom stereocenters. The van der Waals surface area contributed by atoms with Gasteiger partial charge in [-0.1, -0.05) is 0 Å². The maximum absolute atomic E-state index is 13.6. The molecule has 6 heteroatoms. The Morgan fingerprint density at radius 1 is 1.10 bits per heavy atom. The molecular weight excluding hydrogens is 384 g/mol. The van der Waals surface area contributed by atoms with Gasteiger partial charge in [0.2, 0.25) is 0 Å². The third-order valence-electron chi connectivity index (χ3n) is 5.60. The maximum Gasteiger partial charge on any atom is 0.178 e. The van der Waals surface area contributed by atoms with Crippen LogP contribution in [0.4, 0.5) is 0 Å². The zero-order valence-corrected chi connectivity index (χ0v) is 17.3. The smallest absolute Gasteiger partial charge is 0.178 e. The number of benzene rings is 1. The highest BCUT2D eigenvalue weighted by atomic mass is 16.5. The van der Waals surface area contributed by atoms with E-state index in [0.717, 1.165) is 11.1 Å². The fourth-order valence-corrected chi connectivity index (χ4v) is 4.16. The van der Waals surface area contributed by atoms with Crippen LogP contribution >= 0.6 is 0 Å². The monoisotopic (exact) mass is 408 g/mol. The van der Waals surface area contributed by atoms with Gasteiger partial charge in [-0.05, 0) is 51.1 Å². The third-order valence-corrected chi connectivity index (χ3v) is 5.60. The largest absolute Gasteiger partial charge is 0.498 e. The number of Topliss-reactive ketones (excluding diaryl/α,β-unsaturated/α-hetero) is 1. The minimum absolute atomic E-state index is 0.00626. The number of hydrogen-bond donors (Lipinski definition) is 0. The summed E-state index contributed by atoms with van der Waals surface area (Å²) in [5, 5.41) is 0. The first-order chi connectivity index (χ1) is 14.4. The van der Waals surface area contributed by atoms with Crippen molar-refractivity contribution in [2.24, 2.45) is 5.92 Å². The van der Waals surface area contributed by atoms with Crippen LogP contribution < -0.4 is 9.47 Å². The molecule has 6 nitrogen and oxygen atoms in total. The summed E-state index contributed by atoms with van der Waals surface area (Å²) in [6, 6.07) is 3.64. The molecule has 0 aromatic heterocycles. The van der Waals surface area contributed by atoms with Gasteiger partial charge in [0.1, 0.15) is 48.8 Å². The molecular formula is C24H24O6. The van der Waals surface area contributed by atoms with Crippen LogP contribution in [0.1, 0.15) is 36.7 Å². The Morgan fingerprint density at radius 2 is 1.97 bits per heavy atom. The van der Waals surface area contributed by atoms with Gasteiger partial charge in [-0.2, -0.15) is 0 Å². The van der Waals surface area contributed by atoms with Gasteiger partial charge >= 0.3 is 0 Å². The lowest BCUT2D eigenvalue weighted by Crippen LogP contribution is -2.45. The Balaban J connectivity index is 1.59. The van der Waals surface area contributed by atoms with E-state index in [-0.39, 0.29) is 12.4 Å². The van der Waals surface area contributed by atoms with E-state index in [1.54, 1.807) is 18.4 Å². The first-order valence-corrected chi connectivity index (χ1v) is 10.2. The van der Waals surface area contributed by atoms with Crippen LogP contribution in [-0.4, -0.2) is 37.3 Å². The van der Waals surface area contributed by atoms with E-state index in [0.29, 0.717) is 41.8 Å². The molecule has 0 spiro atoms. The van der Waals surface area contributed by atoms with Crippen molar-refractivity contribution in [1.29, 1.82) is 0 Å². The van der Waals surface area contributed by atoms with Crippen LogP contribution in [0, 0.1) is 5.92 Å². The van der Waals surface area contributed by atoms with Crippen LogP contribution in [-0.2, 0) is 14.2 Å². The Morgan fingerprint density at radius 3 is 2.83 bits per heavy atom. The summed E-state index contributed by atoms with van der Waals surface area (Å²) in [6.07, 6.45) is 8.74. The number of carbonyl (C=O) groups is 1. The summed E-state index contributed by atoms with van der Waals surface area (Å²) in [6.45, 7) is 7.00. The predicted molar refractivity (Wildman–Crippen MR) is 110 cm³/mol. The number of rotatable bonds is 0. The van der Waals surface area contributed by atoms with Crippen molar-refractivity contribution in [1.82, 2.24) is 0 Å². The normalized spacial score (nSPS) is 29.0. The van der Waals surface area contributed by atoms with Crippen molar-refractivity contribution in [2.45, 2.75) is 32.5 Å². The zero-order valence-electron chi connectivity index (χ0n) is 17.3. The van der Waals surface area contributed by atoms with E-state index in [1.807, 2.05) is 45.1 Å². The number of hydrogen-bond acceptors (Lipinski definition) is 6. The maximum atomic E-state index is 13.6. The van der Waals surface area contributed by atoms with Gasteiger partial charge in [0.15, 0.2) is 5.78 Å². The quantitative estimate of drug-likeness (QED) is 0.642. The van der Waals surface area contributed by atoms with Gasteiger partial charge in [0, 0.05) is 11.6 Å². The van der Waals surface area contributed by atoms with E-state index in [1.165, 1.54) is 0 Å². The van der Waals surface area contributed by atoms with Crippen molar-refractivity contribution in [2.75, 3.05) is 19.8 Å². The van der Waals surface area contributed by atoms with Gasteiger partial charge in [0.25, 0.3) is 0 Å². The lowest BCUT2D eigenvalue weighted by molar-refractivity contribution is 0.0279.